The highest BCUT2D eigenvalue weighted by Crippen LogP contribution is 2.54. The fourth-order valence-electron chi connectivity index (χ4n) is 12.4. The van der Waals surface area contributed by atoms with Gasteiger partial charge in [0.1, 0.15) is 11.2 Å². The maximum atomic E-state index is 6.98. The molecule has 9 aromatic carbocycles. The van der Waals surface area contributed by atoms with Crippen molar-refractivity contribution >= 4 is 71.6 Å². The van der Waals surface area contributed by atoms with E-state index in [1.807, 2.05) is 0 Å². The minimum absolute atomic E-state index is 0.0921. The Morgan fingerprint density at radius 2 is 1.03 bits per heavy atom. The van der Waals surface area contributed by atoms with Gasteiger partial charge in [0.05, 0.1) is 16.7 Å². The van der Waals surface area contributed by atoms with Crippen molar-refractivity contribution in [2.45, 2.75) is 64.2 Å². The van der Waals surface area contributed by atoms with Gasteiger partial charge in [0.25, 0.3) is 0 Å². The van der Waals surface area contributed by atoms with Crippen molar-refractivity contribution < 1.29 is 4.42 Å². The molecule has 2 aliphatic rings. The van der Waals surface area contributed by atoms with Gasteiger partial charge in [-0.3, -0.25) is 0 Å². The van der Waals surface area contributed by atoms with Crippen LogP contribution in [0.1, 0.15) is 70.2 Å². The van der Waals surface area contributed by atoms with Crippen molar-refractivity contribution in [3.8, 4) is 27.9 Å². The van der Waals surface area contributed by atoms with E-state index in [9.17, 15) is 0 Å². The zero-order valence-corrected chi connectivity index (χ0v) is 37.8. The highest BCUT2D eigenvalue weighted by Gasteiger charge is 2.42. The molecule has 0 bridgehead atoms. The molecule has 0 aliphatic heterocycles. The van der Waals surface area contributed by atoms with E-state index in [-0.39, 0.29) is 16.2 Å². The average Bonchev–Trinajstić information content (AvgIpc) is 3.98. The van der Waals surface area contributed by atoms with Crippen molar-refractivity contribution in [2.24, 2.45) is 0 Å². The number of nitrogens with zero attached hydrogens (tertiary/aromatic N) is 2. The molecule has 0 spiro atoms. The first-order valence-electron chi connectivity index (χ1n) is 23.1. The van der Waals surface area contributed by atoms with Crippen LogP contribution in [-0.2, 0) is 16.2 Å². The smallest absolute Gasteiger partial charge is 0.143 e. The number of hydrogen-bond donors (Lipinski definition) is 0. The van der Waals surface area contributed by atoms with Gasteiger partial charge in [-0.1, -0.05) is 157 Å². The molecule has 0 unspecified atom stereocenters. The van der Waals surface area contributed by atoms with Crippen molar-refractivity contribution in [1.82, 2.24) is 4.57 Å². The quantitative estimate of drug-likeness (QED) is 0.172. The summed E-state index contributed by atoms with van der Waals surface area (Å²) in [6.07, 6.45) is 1.13. The van der Waals surface area contributed by atoms with E-state index in [4.69, 9.17) is 4.42 Å². The minimum atomic E-state index is -0.149. The Kier molecular flexibility index (Phi) is 7.83. The molecule has 3 nitrogen and oxygen atoms in total. The lowest BCUT2D eigenvalue weighted by atomic mass is 9.82. The summed E-state index contributed by atoms with van der Waals surface area (Å²) >= 11 is 0. The Morgan fingerprint density at radius 3 is 1.88 bits per heavy atom. The Balaban J connectivity index is 1.04. The Hall–Kier alpha value is -7.36. The summed E-state index contributed by atoms with van der Waals surface area (Å²) in [5, 5.41) is 7.18. The third kappa shape index (κ3) is 5.42. The minimum Gasteiger partial charge on any atom is -0.455 e. The second-order valence-electron chi connectivity index (χ2n) is 20.4. The number of para-hydroxylation sites is 3. The van der Waals surface area contributed by atoms with Gasteiger partial charge < -0.3 is 13.9 Å². The zero-order chi connectivity index (χ0) is 44.0. The molecule has 2 aliphatic carbocycles. The number of aromatic nitrogens is 1. The third-order valence-corrected chi connectivity index (χ3v) is 15.2. The van der Waals surface area contributed by atoms with Crippen molar-refractivity contribution in [1.29, 1.82) is 0 Å². The molecule has 314 valence electrons. The summed E-state index contributed by atoms with van der Waals surface area (Å²) < 4.78 is 9.37. The van der Waals surface area contributed by atoms with E-state index in [0.29, 0.717) is 0 Å². The number of benzene rings is 9. The average molecular weight is 839 g/mol. The monoisotopic (exact) mass is 838 g/mol. The molecule has 0 amide bonds. The number of fused-ring (bicyclic) bond motifs is 11. The van der Waals surface area contributed by atoms with Crippen LogP contribution < -0.4 is 4.90 Å². The predicted octanol–water partition coefficient (Wildman–Crippen LogP) is 17.2. The highest BCUT2D eigenvalue weighted by molar-refractivity contribution is 6.15. The third-order valence-electron chi connectivity index (χ3n) is 15.2. The van der Waals surface area contributed by atoms with Crippen molar-refractivity contribution in [2.75, 3.05) is 4.90 Å². The van der Waals surface area contributed by atoms with Gasteiger partial charge in [-0.05, 0) is 128 Å². The van der Waals surface area contributed by atoms with E-state index in [1.165, 1.54) is 76.7 Å². The van der Waals surface area contributed by atoms with Gasteiger partial charge in [0, 0.05) is 55.0 Å². The van der Waals surface area contributed by atoms with Gasteiger partial charge in [-0.25, -0.2) is 0 Å². The lowest BCUT2D eigenvalue weighted by molar-refractivity contribution is 0.403. The van der Waals surface area contributed by atoms with Gasteiger partial charge >= 0.3 is 0 Å². The van der Waals surface area contributed by atoms with Crippen molar-refractivity contribution in [3.63, 3.8) is 0 Å². The highest BCUT2D eigenvalue weighted by atomic mass is 16.3. The molecule has 11 aromatic rings. The maximum Gasteiger partial charge on any atom is 0.143 e. The molecule has 2 heterocycles. The fourth-order valence-corrected chi connectivity index (χ4v) is 12.4. The topological polar surface area (TPSA) is 21.3 Å². The number of hydrogen-bond acceptors (Lipinski definition) is 2. The molecule has 0 radical (unpaired) electrons. The van der Waals surface area contributed by atoms with Crippen LogP contribution in [0.15, 0.2) is 186 Å². The van der Waals surface area contributed by atoms with Crippen LogP contribution >= 0.6 is 0 Å². The van der Waals surface area contributed by atoms with Gasteiger partial charge in [-0.15, -0.1) is 0 Å². The van der Waals surface area contributed by atoms with E-state index in [0.717, 1.165) is 51.5 Å². The van der Waals surface area contributed by atoms with Crippen LogP contribution in [0.4, 0.5) is 17.1 Å². The molecule has 0 atom stereocenters. The maximum absolute atomic E-state index is 6.98. The first kappa shape index (κ1) is 38.1. The van der Waals surface area contributed by atoms with Crippen LogP contribution in [0.5, 0.6) is 0 Å². The Bertz CT molecular complexity index is 3780. The second-order valence-corrected chi connectivity index (χ2v) is 20.4. The lowest BCUT2D eigenvalue weighted by Gasteiger charge is -2.29. The lowest BCUT2D eigenvalue weighted by Crippen LogP contribution is -2.17. The summed E-state index contributed by atoms with van der Waals surface area (Å²) in [7, 11) is 0. The van der Waals surface area contributed by atoms with Crippen LogP contribution in [0.3, 0.4) is 0 Å². The number of rotatable bonds is 5. The van der Waals surface area contributed by atoms with E-state index < -0.39 is 0 Å². The largest absolute Gasteiger partial charge is 0.455 e. The van der Waals surface area contributed by atoms with Crippen LogP contribution in [-0.4, -0.2) is 4.57 Å². The second kappa shape index (κ2) is 13.3. The fraction of sp³-hybridized carbons (Fsp3) is 0.161. The van der Waals surface area contributed by atoms with Gasteiger partial charge in [0.2, 0.25) is 0 Å². The number of furan rings is 1. The Labute approximate surface area is 380 Å². The SMILES string of the molecule is CC1(C)CC(C)(C)c2cc3c(cc21)oc1c(-c2cccc4c(N(c5ccc6c(c5)C(C)(C)c5ccccc5-6)c5ccc6c(c5)c5ccccc5n6-c5ccccc5)cccc24)cccc13. The number of anilines is 3. The first-order valence-corrected chi connectivity index (χ1v) is 23.1. The van der Waals surface area contributed by atoms with Crippen LogP contribution in [0.2, 0.25) is 0 Å². The molecule has 65 heavy (non-hydrogen) atoms. The molecule has 2 aromatic heterocycles. The van der Waals surface area contributed by atoms with Crippen LogP contribution in [0.25, 0.3) is 82.5 Å². The summed E-state index contributed by atoms with van der Waals surface area (Å²) in [5.74, 6) is 0. The summed E-state index contributed by atoms with van der Waals surface area (Å²) in [6, 6.07) is 67.6. The predicted molar refractivity (Wildman–Crippen MR) is 274 cm³/mol. The first-order chi connectivity index (χ1) is 31.5. The summed E-state index contributed by atoms with van der Waals surface area (Å²) in [4.78, 5) is 2.49. The standard InChI is InChI=1S/C62H50N2O/c1-60(2)37-61(3,4)54-36-58-50(35-53(54)60)48-25-15-24-47(59(48)65-58)42-21-14-23-45-41(42)22-16-28-55(45)63(40-29-31-44-43-19-10-12-26-51(43)62(5,6)52(44)34-40)39-30-32-57-49(33-39)46-20-11-13-27-56(46)64(57)38-17-8-7-9-18-38/h7-36H,37H2,1-6H3. The van der Waals surface area contributed by atoms with Gasteiger partial charge in [-0.2, -0.15) is 0 Å². The van der Waals surface area contributed by atoms with Crippen molar-refractivity contribution in [3.05, 3.63) is 204 Å². The molecule has 0 N–H and O–H groups in total. The molecule has 13 rings (SSSR count). The van der Waals surface area contributed by atoms with Crippen LogP contribution in [0, 0.1) is 0 Å². The van der Waals surface area contributed by atoms with Gasteiger partial charge in [0.15, 0.2) is 0 Å². The van der Waals surface area contributed by atoms with E-state index in [2.05, 4.69) is 233 Å². The molecule has 0 saturated heterocycles. The zero-order valence-electron chi connectivity index (χ0n) is 37.8. The molecule has 0 saturated carbocycles. The summed E-state index contributed by atoms with van der Waals surface area (Å²) in [5.41, 5.74) is 19.3. The normalized spacial score (nSPS) is 15.5. The molecular weight excluding hydrogens is 789 g/mol. The molecule has 0 fully saturated rings. The van der Waals surface area contributed by atoms with E-state index in [1.54, 1.807) is 0 Å². The summed E-state index contributed by atoms with van der Waals surface area (Å²) in [6.45, 7) is 14.3. The van der Waals surface area contributed by atoms with E-state index >= 15 is 0 Å². The molecule has 3 heteroatoms. The Morgan fingerprint density at radius 1 is 0.415 bits per heavy atom. The molecular formula is C62H50N2O.